The van der Waals surface area contributed by atoms with E-state index in [0.29, 0.717) is 43.9 Å². The van der Waals surface area contributed by atoms with E-state index < -0.39 is 40.7 Å². The number of H-pyrrole nitrogens is 1. The number of ketones is 1. The standard InChI is InChI=1S/C30H24F6N4O2/c31-29(32,33)21-12-19(13-22(15-21)30(34,35)36)27(41)26(18-4-3-7-38-16-18)24(28(42)40-10-8-37-9-11-40)14-20-17-39-25-6-2-1-5-23(20)25/h1-7,12-13,15-17,37,39H,8-11,14H2. The van der Waals surface area contributed by atoms with Crippen molar-refractivity contribution in [2.24, 2.45) is 0 Å². The lowest BCUT2D eigenvalue weighted by molar-refractivity contribution is -0.143. The fourth-order valence-electron chi connectivity index (χ4n) is 4.98. The maximum Gasteiger partial charge on any atom is 0.416 e. The largest absolute Gasteiger partial charge is 0.416 e. The van der Waals surface area contributed by atoms with E-state index in [1.54, 1.807) is 12.3 Å². The first-order chi connectivity index (χ1) is 19.9. The Hall–Kier alpha value is -4.45. The second-order valence-corrected chi connectivity index (χ2v) is 9.80. The summed E-state index contributed by atoms with van der Waals surface area (Å²) in [5, 5.41) is 3.87. The summed E-state index contributed by atoms with van der Waals surface area (Å²) in [6, 6.07) is 10.9. The maximum absolute atomic E-state index is 14.1. The number of nitrogens with zero attached hydrogens (tertiary/aromatic N) is 2. The predicted molar refractivity (Wildman–Crippen MR) is 143 cm³/mol. The van der Waals surface area contributed by atoms with Crippen molar-refractivity contribution in [2.45, 2.75) is 18.8 Å². The van der Waals surface area contributed by atoms with Gasteiger partial charge in [-0.25, -0.2) is 0 Å². The maximum atomic E-state index is 14.1. The minimum Gasteiger partial charge on any atom is -0.361 e. The summed E-state index contributed by atoms with van der Waals surface area (Å²) in [5.74, 6) is -1.70. The van der Waals surface area contributed by atoms with E-state index in [2.05, 4.69) is 15.3 Å². The second kappa shape index (κ2) is 11.4. The minimum absolute atomic E-state index is 0.0387. The Morgan fingerprint density at radius 1 is 0.857 bits per heavy atom. The molecule has 1 aliphatic rings. The fraction of sp³-hybridized carbons (Fsp3) is 0.233. The number of alkyl halides is 6. The summed E-state index contributed by atoms with van der Waals surface area (Å²) < 4.78 is 82.1. The SMILES string of the molecule is O=C(C(=C(Cc1c[nH]c2ccccc12)C(=O)N1CCNCC1)c1cccnc1)c1cc(C(F)(F)F)cc(C(F)(F)F)c1. The van der Waals surface area contributed by atoms with Crippen molar-refractivity contribution in [2.75, 3.05) is 26.2 Å². The predicted octanol–water partition coefficient (Wildman–Crippen LogP) is 5.91. The van der Waals surface area contributed by atoms with Crippen LogP contribution in [0.2, 0.25) is 0 Å². The highest BCUT2D eigenvalue weighted by molar-refractivity contribution is 6.33. The highest BCUT2D eigenvalue weighted by atomic mass is 19.4. The van der Waals surface area contributed by atoms with Crippen LogP contribution in [0.4, 0.5) is 26.3 Å². The Labute approximate surface area is 236 Å². The number of carbonyl (C=O) groups is 2. The number of hydrogen-bond acceptors (Lipinski definition) is 4. The van der Waals surface area contributed by atoms with E-state index in [9.17, 15) is 35.9 Å². The molecule has 1 aliphatic heterocycles. The van der Waals surface area contributed by atoms with Crippen molar-refractivity contribution in [1.82, 2.24) is 20.2 Å². The van der Waals surface area contributed by atoms with Crippen LogP contribution in [0.15, 0.2) is 78.8 Å². The van der Waals surface area contributed by atoms with E-state index in [1.165, 1.54) is 29.4 Å². The summed E-state index contributed by atoms with van der Waals surface area (Å²) in [5.41, 5.74) is -3.01. The average molecular weight is 587 g/mol. The number of nitrogens with one attached hydrogen (secondary N) is 2. The molecule has 4 aromatic rings. The molecule has 6 nitrogen and oxygen atoms in total. The molecule has 0 bridgehead atoms. The lowest BCUT2D eigenvalue weighted by Crippen LogP contribution is -2.47. The number of rotatable bonds is 6. The van der Waals surface area contributed by atoms with Crippen LogP contribution in [-0.2, 0) is 23.6 Å². The highest BCUT2D eigenvalue weighted by Gasteiger charge is 2.38. The quantitative estimate of drug-likeness (QED) is 0.167. The number of halogens is 6. The molecule has 1 fully saturated rings. The van der Waals surface area contributed by atoms with Crippen LogP contribution in [-0.4, -0.2) is 52.7 Å². The Kier molecular flexibility index (Phi) is 7.91. The van der Waals surface area contributed by atoms with E-state index in [4.69, 9.17) is 0 Å². The summed E-state index contributed by atoms with van der Waals surface area (Å²) in [7, 11) is 0. The number of aromatic amines is 1. The number of amides is 1. The van der Waals surface area contributed by atoms with Crippen LogP contribution < -0.4 is 5.32 Å². The normalized spacial score (nSPS) is 15.0. The van der Waals surface area contributed by atoms with Gasteiger partial charge in [-0.1, -0.05) is 24.3 Å². The van der Waals surface area contributed by atoms with Gasteiger partial charge in [-0.05, 0) is 35.9 Å². The third-order valence-electron chi connectivity index (χ3n) is 7.03. The van der Waals surface area contributed by atoms with Gasteiger partial charge >= 0.3 is 12.4 Å². The van der Waals surface area contributed by atoms with Gasteiger partial charge in [-0.2, -0.15) is 26.3 Å². The smallest absolute Gasteiger partial charge is 0.361 e. The van der Waals surface area contributed by atoms with Gasteiger partial charge in [0.05, 0.1) is 11.1 Å². The Morgan fingerprint density at radius 3 is 2.14 bits per heavy atom. The molecule has 12 heteroatoms. The highest BCUT2D eigenvalue weighted by Crippen LogP contribution is 2.38. The van der Waals surface area contributed by atoms with Crippen molar-refractivity contribution in [3.8, 4) is 0 Å². The summed E-state index contributed by atoms with van der Waals surface area (Å²) in [6.45, 7) is 1.55. The average Bonchev–Trinajstić information content (AvgIpc) is 3.39. The van der Waals surface area contributed by atoms with Gasteiger partial charge < -0.3 is 15.2 Å². The summed E-state index contributed by atoms with van der Waals surface area (Å²) in [6.07, 6.45) is -6.11. The molecule has 3 heterocycles. The van der Waals surface area contributed by atoms with E-state index in [-0.39, 0.29) is 29.2 Å². The Bertz CT molecular complexity index is 1620. The second-order valence-electron chi connectivity index (χ2n) is 9.80. The number of piperazine rings is 1. The molecule has 0 unspecified atom stereocenters. The van der Waals surface area contributed by atoms with Crippen molar-refractivity contribution in [1.29, 1.82) is 0 Å². The molecule has 2 aromatic carbocycles. The first-order valence-corrected chi connectivity index (χ1v) is 13.0. The van der Waals surface area contributed by atoms with Crippen LogP contribution in [0.25, 0.3) is 16.5 Å². The number of allylic oxidation sites excluding steroid dienone is 1. The number of benzene rings is 2. The molecule has 0 aliphatic carbocycles. The molecule has 0 saturated carbocycles. The van der Waals surface area contributed by atoms with Crippen molar-refractivity contribution in [3.63, 3.8) is 0 Å². The first kappa shape index (κ1) is 29.1. The molecule has 0 atom stereocenters. The molecule has 1 saturated heterocycles. The van der Waals surface area contributed by atoms with Gasteiger partial charge in [-0.15, -0.1) is 0 Å². The minimum atomic E-state index is -5.15. The zero-order valence-electron chi connectivity index (χ0n) is 21.9. The molecular weight excluding hydrogens is 562 g/mol. The number of carbonyl (C=O) groups excluding carboxylic acids is 2. The van der Waals surface area contributed by atoms with Crippen LogP contribution in [0.1, 0.15) is 32.6 Å². The molecule has 218 valence electrons. The van der Waals surface area contributed by atoms with Gasteiger partial charge in [0.15, 0.2) is 5.78 Å². The van der Waals surface area contributed by atoms with E-state index in [0.717, 1.165) is 10.9 Å². The van der Waals surface area contributed by atoms with E-state index >= 15 is 0 Å². The third-order valence-corrected chi connectivity index (χ3v) is 7.03. The molecule has 5 rings (SSSR count). The topological polar surface area (TPSA) is 78.1 Å². The van der Waals surface area contributed by atoms with Gasteiger partial charge in [0, 0.05) is 84.4 Å². The van der Waals surface area contributed by atoms with Crippen molar-refractivity contribution < 1.29 is 35.9 Å². The van der Waals surface area contributed by atoms with Crippen LogP contribution in [0.3, 0.4) is 0 Å². The summed E-state index contributed by atoms with van der Waals surface area (Å²) in [4.78, 5) is 36.8. The van der Waals surface area contributed by atoms with Crippen LogP contribution in [0, 0.1) is 0 Å². The Morgan fingerprint density at radius 2 is 1.52 bits per heavy atom. The molecule has 0 radical (unpaired) electrons. The number of para-hydroxylation sites is 1. The molecule has 1 amide bonds. The monoisotopic (exact) mass is 586 g/mol. The molecular formula is C30H24F6N4O2. The molecule has 2 N–H and O–H groups in total. The lowest BCUT2D eigenvalue weighted by Gasteiger charge is -2.29. The third kappa shape index (κ3) is 6.08. The number of hydrogen-bond donors (Lipinski definition) is 2. The number of fused-ring (bicyclic) bond motifs is 1. The zero-order chi connectivity index (χ0) is 30.1. The lowest BCUT2D eigenvalue weighted by atomic mass is 9.88. The van der Waals surface area contributed by atoms with E-state index in [1.807, 2.05) is 18.2 Å². The molecule has 0 spiro atoms. The Balaban J connectivity index is 1.76. The van der Waals surface area contributed by atoms with Crippen molar-refractivity contribution >= 4 is 28.2 Å². The van der Waals surface area contributed by atoms with Crippen LogP contribution in [0.5, 0.6) is 0 Å². The van der Waals surface area contributed by atoms with Gasteiger partial charge in [0.1, 0.15) is 0 Å². The fourth-order valence-corrected chi connectivity index (χ4v) is 4.98. The summed E-state index contributed by atoms with van der Waals surface area (Å²) >= 11 is 0. The van der Waals surface area contributed by atoms with Gasteiger partial charge in [0.25, 0.3) is 5.91 Å². The van der Waals surface area contributed by atoms with Crippen molar-refractivity contribution in [3.05, 3.63) is 107 Å². The number of Topliss-reactive ketones (excluding diaryl/α,β-unsaturated/α-hetero) is 1. The van der Waals surface area contributed by atoms with Gasteiger partial charge in [0.2, 0.25) is 0 Å². The van der Waals surface area contributed by atoms with Gasteiger partial charge in [-0.3, -0.25) is 14.6 Å². The molecule has 2 aromatic heterocycles. The number of aromatic nitrogens is 2. The first-order valence-electron chi connectivity index (χ1n) is 13.0. The zero-order valence-corrected chi connectivity index (χ0v) is 21.9. The number of pyridine rings is 1. The molecule has 42 heavy (non-hydrogen) atoms. The van der Waals surface area contributed by atoms with Crippen LogP contribution >= 0.6 is 0 Å².